The highest BCUT2D eigenvalue weighted by atomic mass is 16.4. The largest absolute Gasteiger partial charge is 0.508 e. The van der Waals surface area contributed by atoms with Crippen molar-refractivity contribution in [1.29, 1.82) is 0 Å². The van der Waals surface area contributed by atoms with E-state index in [0.717, 1.165) is 0 Å². The number of aliphatic carboxylic acids is 4. The van der Waals surface area contributed by atoms with E-state index in [0.29, 0.717) is 11.1 Å². The molecule has 25 heteroatoms. The van der Waals surface area contributed by atoms with Gasteiger partial charge in [0.1, 0.15) is 48.0 Å². The summed E-state index contributed by atoms with van der Waals surface area (Å²) in [6.07, 6.45) is -3.91. The van der Waals surface area contributed by atoms with Gasteiger partial charge in [-0.15, -0.1) is 0 Å². The molecule has 70 heavy (non-hydrogen) atoms. The SMILES string of the molecule is CC(C)C[C@H](NC(=O)[C@H](CCC(=O)O)NC(=O)[C@@H](N)C(C)C)C(=O)N[C@@H](CC(=O)O)C(=O)N[C@@H](CO)C(=O)N[C@@H](Cc1ccccc1)C(=O)N[C@@H](CC(=O)O)C(=O)N[C@@H](Cc1ccc(O)cc1)C(=O)O. The smallest absolute Gasteiger partial charge is 0.326 e. The number of phenolic OH excluding ortho intramolecular Hbond substituents is 1. The Labute approximate surface area is 401 Å². The van der Waals surface area contributed by atoms with Gasteiger partial charge in [0.15, 0.2) is 0 Å². The molecule has 0 aliphatic rings. The minimum Gasteiger partial charge on any atom is -0.508 e. The van der Waals surface area contributed by atoms with Crippen molar-refractivity contribution in [3.8, 4) is 5.75 Å². The molecular formula is C45H62N8O17. The molecule has 0 aromatic heterocycles. The van der Waals surface area contributed by atoms with Crippen LogP contribution in [-0.2, 0) is 65.6 Å². The third kappa shape index (κ3) is 20.7. The van der Waals surface area contributed by atoms with Gasteiger partial charge in [0.05, 0.1) is 25.5 Å². The molecule has 0 aliphatic carbocycles. The number of aliphatic hydroxyl groups excluding tert-OH is 1. The van der Waals surface area contributed by atoms with Gasteiger partial charge in [-0.3, -0.25) is 47.9 Å². The summed E-state index contributed by atoms with van der Waals surface area (Å²) in [4.78, 5) is 142. The highest BCUT2D eigenvalue weighted by Crippen LogP contribution is 2.13. The fourth-order valence-electron chi connectivity index (χ4n) is 6.53. The van der Waals surface area contributed by atoms with E-state index in [1.165, 1.54) is 24.3 Å². The van der Waals surface area contributed by atoms with Gasteiger partial charge in [0.2, 0.25) is 41.4 Å². The molecule has 384 valence electrons. The zero-order valence-corrected chi connectivity index (χ0v) is 38.9. The topological polar surface area (TPSA) is 419 Å². The number of nitrogens with one attached hydrogen (secondary N) is 7. The molecule has 15 N–H and O–H groups in total. The first kappa shape index (κ1) is 58.5. The van der Waals surface area contributed by atoms with Crippen molar-refractivity contribution in [2.24, 2.45) is 17.6 Å². The Balaban J connectivity index is 2.37. The van der Waals surface area contributed by atoms with Crippen molar-refractivity contribution in [2.75, 3.05) is 6.61 Å². The van der Waals surface area contributed by atoms with Crippen LogP contribution >= 0.6 is 0 Å². The maximum absolute atomic E-state index is 13.9. The number of rotatable bonds is 30. The van der Waals surface area contributed by atoms with Crippen molar-refractivity contribution >= 4 is 65.2 Å². The summed E-state index contributed by atoms with van der Waals surface area (Å²) in [6.45, 7) is 5.41. The second-order valence-electron chi connectivity index (χ2n) is 17.0. The van der Waals surface area contributed by atoms with Gasteiger partial charge in [0.25, 0.3) is 0 Å². The number of aliphatic hydroxyl groups is 1. The van der Waals surface area contributed by atoms with Crippen LogP contribution in [0, 0.1) is 11.8 Å². The fourth-order valence-corrected chi connectivity index (χ4v) is 6.53. The highest BCUT2D eigenvalue weighted by molar-refractivity contribution is 5.99. The van der Waals surface area contributed by atoms with E-state index < -0.39 is 146 Å². The number of benzene rings is 2. The van der Waals surface area contributed by atoms with E-state index >= 15 is 0 Å². The number of hydrogen-bond acceptors (Lipinski definition) is 14. The van der Waals surface area contributed by atoms with Crippen LogP contribution in [0.25, 0.3) is 0 Å². The second-order valence-corrected chi connectivity index (χ2v) is 17.0. The lowest BCUT2D eigenvalue weighted by Crippen LogP contribution is -2.61. The number of hydrogen-bond donors (Lipinski definition) is 14. The predicted molar refractivity (Wildman–Crippen MR) is 244 cm³/mol. The summed E-state index contributed by atoms with van der Waals surface area (Å²) in [5.74, 6) is -14.7. The molecule has 0 spiro atoms. The number of amides is 7. The van der Waals surface area contributed by atoms with Gasteiger partial charge in [-0.25, -0.2) is 4.79 Å². The third-order valence-corrected chi connectivity index (χ3v) is 10.4. The normalized spacial score (nSPS) is 14.5. The van der Waals surface area contributed by atoms with Crippen molar-refractivity contribution in [1.82, 2.24) is 37.2 Å². The lowest BCUT2D eigenvalue weighted by Gasteiger charge is -2.27. The van der Waals surface area contributed by atoms with Crippen molar-refractivity contribution in [2.45, 2.75) is 121 Å². The molecule has 25 nitrogen and oxygen atoms in total. The molecule has 0 bridgehead atoms. The highest BCUT2D eigenvalue weighted by Gasteiger charge is 2.36. The maximum atomic E-state index is 13.9. The number of carboxylic acid groups (broad SMARTS) is 4. The summed E-state index contributed by atoms with van der Waals surface area (Å²) < 4.78 is 0. The van der Waals surface area contributed by atoms with Crippen molar-refractivity contribution < 1.29 is 83.4 Å². The number of phenols is 1. The molecule has 2 aromatic rings. The lowest BCUT2D eigenvalue weighted by molar-refractivity contribution is -0.144. The summed E-state index contributed by atoms with van der Waals surface area (Å²) in [6, 6.07) is -0.0281. The summed E-state index contributed by atoms with van der Waals surface area (Å²) in [5, 5.41) is 74.0. The average Bonchev–Trinajstić information content (AvgIpc) is 3.28. The first-order chi connectivity index (χ1) is 32.8. The Morgan fingerprint density at radius 3 is 1.36 bits per heavy atom. The molecule has 0 aliphatic heterocycles. The van der Waals surface area contributed by atoms with Crippen molar-refractivity contribution in [3.63, 3.8) is 0 Å². The fraction of sp³-hybridized carbons (Fsp3) is 0.489. The standard InChI is InChI=1S/C45H62N8O17/c1-22(2)16-28(48-38(62)27(14-15-34(56)57)47-44(68)37(46)23(3)4)39(63)50-31(20-36(60)61)42(66)53-33(21-54)43(67)49-29(17-24-8-6-5-7-9-24)40(64)51-30(19-35(58)59)41(65)52-32(45(69)70)18-25-10-12-26(55)13-11-25/h5-13,22-23,27-33,37,54-55H,14-21,46H2,1-4H3,(H,47,68)(H,48,62)(H,49,67)(H,50,63)(H,51,64)(H,52,65)(H,53,66)(H,56,57)(H,58,59)(H,60,61)(H,69,70)/t27-,28-,29-,30-,31-,32-,33-,37-/m0/s1. The second kappa shape index (κ2) is 28.6. The van der Waals surface area contributed by atoms with Gasteiger partial charge in [-0.2, -0.15) is 0 Å². The van der Waals surface area contributed by atoms with Crippen LogP contribution < -0.4 is 43.0 Å². The monoisotopic (exact) mass is 986 g/mol. The van der Waals surface area contributed by atoms with Crippen molar-refractivity contribution in [3.05, 3.63) is 65.7 Å². The Hall–Kier alpha value is -7.67. The number of carboxylic acids is 4. The molecule has 2 aromatic carbocycles. The summed E-state index contributed by atoms with van der Waals surface area (Å²) in [7, 11) is 0. The first-order valence-corrected chi connectivity index (χ1v) is 22.0. The van der Waals surface area contributed by atoms with E-state index in [-0.39, 0.29) is 36.8 Å². The van der Waals surface area contributed by atoms with Crippen LogP contribution in [-0.4, -0.2) is 151 Å². The van der Waals surface area contributed by atoms with Crippen LogP contribution in [0.15, 0.2) is 54.6 Å². The van der Waals surface area contributed by atoms with Crippen LogP contribution in [0.1, 0.15) is 70.9 Å². The van der Waals surface area contributed by atoms with E-state index in [2.05, 4.69) is 37.2 Å². The van der Waals surface area contributed by atoms with Gasteiger partial charge in [-0.05, 0) is 47.9 Å². The van der Waals surface area contributed by atoms with E-state index in [1.807, 2.05) is 0 Å². The molecule has 0 saturated heterocycles. The molecule has 0 fully saturated rings. The zero-order chi connectivity index (χ0) is 52.8. The average molecular weight is 987 g/mol. The van der Waals surface area contributed by atoms with Crippen LogP contribution in [0.4, 0.5) is 0 Å². The molecule has 0 heterocycles. The quantitative estimate of drug-likeness (QED) is 0.0384. The molecule has 2 rings (SSSR count). The third-order valence-electron chi connectivity index (χ3n) is 10.4. The van der Waals surface area contributed by atoms with E-state index in [4.69, 9.17) is 5.73 Å². The van der Waals surface area contributed by atoms with Gasteiger partial charge in [0, 0.05) is 19.3 Å². The Morgan fingerprint density at radius 1 is 0.486 bits per heavy atom. The van der Waals surface area contributed by atoms with Crippen LogP contribution in [0.2, 0.25) is 0 Å². The maximum Gasteiger partial charge on any atom is 0.326 e. The number of nitrogens with two attached hydrogens (primary N) is 1. The van der Waals surface area contributed by atoms with Crippen LogP contribution in [0.5, 0.6) is 5.75 Å². The molecule has 0 saturated carbocycles. The Bertz CT molecular complexity index is 2170. The molecule has 0 unspecified atom stereocenters. The molecule has 8 atom stereocenters. The Kier molecular flexibility index (Phi) is 23.9. The zero-order valence-electron chi connectivity index (χ0n) is 38.9. The molecule has 0 radical (unpaired) electrons. The minimum atomic E-state index is -1.98. The minimum absolute atomic E-state index is 0.115. The number of carbonyl (C=O) groups is 11. The van der Waals surface area contributed by atoms with E-state index in [1.54, 1.807) is 58.0 Å². The van der Waals surface area contributed by atoms with Gasteiger partial charge < -0.3 is 73.6 Å². The molecule has 7 amide bonds. The van der Waals surface area contributed by atoms with Crippen LogP contribution in [0.3, 0.4) is 0 Å². The van der Waals surface area contributed by atoms with Gasteiger partial charge >= 0.3 is 23.9 Å². The van der Waals surface area contributed by atoms with E-state index in [9.17, 15) is 83.4 Å². The predicted octanol–water partition coefficient (Wildman–Crippen LogP) is -2.51. The first-order valence-electron chi connectivity index (χ1n) is 22.0. The number of carbonyl (C=O) groups excluding carboxylic acids is 7. The lowest BCUT2D eigenvalue weighted by atomic mass is 10.0. The summed E-state index contributed by atoms with van der Waals surface area (Å²) >= 11 is 0. The molecular weight excluding hydrogens is 925 g/mol. The van der Waals surface area contributed by atoms with Gasteiger partial charge in [-0.1, -0.05) is 70.2 Å². The number of aromatic hydroxyl groups is 1. The Morgan fingerprint density at radius 2 is 0.886 bits per heavy atom. The summed E-state index contributed by atoms with van der Waals surface area (Å²) in [5.41, 5.74) is 6.68.